The van der Waals surface area contributed by atoms with Gasteiger partial charge in [-0.1, -0.05) is 0 Å². The van der Waals surface area contributed by atoms with Crippen LogP contribution in [0, 0.1) is 13.8 Å². The fourth-order valence-corrected chi connectivity index (χ4v) is 1.64. The van der Waals surface area contributed by atoms with Crippen molar-refractivity contribution in [2.75, 3.05) is 5.32 Å². The average molecular weight is 278 g/mol. The normalized spacial score (nSPS) is 11.1. The number of carbonyl (C=O) groups is 2. The second kappa shape index (κ2) is 6.50. The maximum atomic E-state index is 11.8. The third kappa shape index (κ3) is 5.82. The van der Waals surface area contributed by atoms with Crippen molar-refractivity contribution in [1.29, 1.82) is 0 Å². The van der Waals surface area contributed by atoms with E-state index in [0.29, 0.717) is 5.69 Å². The lowest BCUT2D eigenvalue weighted by Crippen LogP contribution is -2.24. The van der Waals surface area contributed by atoms with E-state index in [1.807, 2.05) is 26.0 Å². The van der Waals surface area contributed by atoms with Gasteiger partial charge in [-0.25, -0.2) is 0 Å². The average Bonchev–Trinajstić information content (AvgIpc) is 2.28. The molecular weight excluding hydrogens is 256 g/mol. The molecule has 0 saturated carbocycles. The summed E-state index contributed by atoms with van der Waals surface area (Å²) in [4.78, 5) is 27.5. The molecule has 0 bridgehead atoms. The molecule has 1 N–H and O–H groups in total. The van der Waals surface area contributed by atoms with Crippen molar-refractivity contribution in [3.63, 3.8) is 0 Å². The van der Waals surface area contributed by atoms with Crippen molar-refractivity contribution >= 4 is 17.6 Å². The van der Waals surface area contributed by atoms with E-state index in [0.717, 1.165) is 11.4 Å². The molecule has 1 heterocycles. The molecule has 110 valence electrons. The highest BCUT2D eigenvalue weighted by Gasteiger charge is 2.17. The molecule has 1 amide bonds. The Hall–Kier alpha value is -1.91. The molecular formula is C15H22N2O3. The van der Waals surface area contributed by atoms with Crippen LogP contribution in [0.25, 0.3) is 0 Å². The maximum Gasteiger partial charge on any atom is 0.306 e. The minimum atomic E-state index is -0.523. The predicted molar refractivity (Wildman–Crippen MR) is 77.4 cm³/mol. The van der Waals surface area contributed by atoms with Crippen molar-refractivity contribution in [2.45, 2.75) is 53.1 Å². The number of nitrogens with zero attached hydrogens (tertiary/aromatic N) is 1. The molecule has 0 aliphatic carbocycles. The first-order valence-corrected chi connectivity index (χ1v) is 6.63. The first-order chi connectivity index (χ1) is 9.17. The van der Waals surface area contributed by atoms with E-state index in [1.165, 1.54) is 0 Å². The van der Waals surface area contributed by atoms with Crippen LogP contribution in [0.2, 0.25) is 0 Å². The zero-order valence-electron chi connectivity index (χ0n) is 12.7. The van der Waals surface area contributed by atoms with Crippen molar-refractivity contribution < 1.29 is 14.3 Å². The van der Waals surface area contributed by atoms with Gasteiger partial charge >= 0.3 is 5.97 Å². The third-order valence-corrected chi connectivity index (χ3v) is 2.48. The highest BCUT2D eigenvalue weighted by atomic mass is 16.6. The number of rotatable bonds is 4. The second-order valence-corrected chi connectivity index (χ2v) is 5.72. The summed E-state index contributed by atoms with van der Waals surface area (Å²) in [5.41, 5.74) is 1.81. The molecule has 0 saturated heterocycles. The van der Waals surface area contributed by atoms with Crippen LogP contribution in [0.5, 0.6) is 0 Å². The minimum Gasteiger partial charge on any atom is -0.460 e. The molecule has 5 nitrogen and oxygen atoms in total. The summed E-state index contributed by atoms with van der Waals surface area (Å²) in [6.45, 7) is 9.11. The van der Waals surface area contributed by atoms with Crippen LogP contribution in [-0.4, -0.2) is 22.5 Å². The van der Waals surface area contributed by atoms with Gasteiger partial charge in [0.1, 0.15) is 5.60 Å². The summed E-state index contributed by atoms with van der Waals surface area (Å²) < 4.78 is 5.15. The van der Waals surface area contributed by atoms with E-state index in [-0.39, 0.29) is 24.7 Å². The lowest BCUT2D eigenvalue weighted by molar-refractivity contribution is -0.155. The molecule has 0 atom stereocenters. The van der Waals surface area contributed by atoms with Gasteiger partial charge in [0, 0.05) is 12.1 Å². The van der Waals surface area contributed by atoms with Crippen LogP contribution in [0.15, 0.2) is 12.1 Å². The molecule has 20 heavy (non-hydrogen) atoms. The number of nitrogens with one attached hydrogen (secondary N) is 1. The maximum absolute atomic E-state index is 11.8. The van der Waals surface area contributed by atoms with Crippen molar-refractivity contribution in [1.82, 2.24) is 4.98 Å². The van der Waals surface area contributed by atoms with Gasteiger partial charge in [-0.2, -0.15) is 0 Å². The van der Waals surface area contributed by atoms with E-state index < -0.39 is 5.60 Å². The number of hydrogen-bond acceptors (Lipinski definition) is 4. The lowest BCUT2D eigenvalue weighted by atomic mass is 10.2. The van der Waals surface area contributed by atoms with E-state index in [9.17, 15) is 9.59 Å². The van der Waals surface area contributed by atoms with E-state index in [4.69, 9.17) is 4.74 Å². The zero-order valence-corrected chi connectivity index (χ0v) is 12.7. The first-order valence-electron chi connectivity index (χ1n) is 6.63. The number of carbonyl (C=O) groups excluding carboxylic acids is 2. The molecule has 5 heteroatoms. The largest absolute Gasteiger partial charge is 0.460 e. The quantitative estimate of drug-likeness (QED) is 0.860. The van der Waals surface area contributed by atoms with E-state index in [1.54, 1.807) is 20.8 Å². The summed E-state index contributed by atoms with van der Waals surface area (Å²) >= 11 is 0. The Labute approximate surface area is 119 Å². The summed E-state index contributed by atoms with van der Waals surface area (Å²) in [5, 5.41) is 2.75. The monoisotopic (exact) mass is 278 g/mol. The van der Waals surface area contributed by atoms with Crippen LogP contribution < -0.4 is 5.32 Å². The van der Waals surface area contributed by atoms with Crippen molar-refractivity contribution in [2.24, 2.45) is 0 Å². The molecule has 0 radical (unpaired) electrons. The number of aromatic nitrogens is 1. The first kappa shape index (κ1) is 16.1. The van der Waals surface area contributed by atoms with Gasteiger partial charge in [-0.3, -0.25) is 14.6 Å². The zero-order chi connectivity index (χ0) is 15.3. The molecule has 1 aromatic rings. The molecule has 0 spiro atoms. The standard InChI is InChI=1S/C15H22N2O3/c1-10-6-7-12(11(2)16-10)17-13(18)8-9-14(19)20-15(3,4)5/h6-7H,8-9H2,1-5H3,(H,17,18). The Morgan fingerprint density at radius 3 is 2.40 bits per heavy atom. The Balaban J connectivity index is 2.46. The van der Waals surface area contributed by atoms with Crippen LogP contribution in [-0.2, 0) is 14.3 Å². The molecule has 0 aliphatic rings. The summed E-state index contributed by atoms with van der Waals surface area (Å²) in [6, 6.07) is 3.64. The van der Waals surface area contributed by atoms with Crippen LogP contribution >= 0.6 is 0 Å². The summed E-state index contributed by atoms with van der Waals surface area (Å²) in [6.07, 6.45) is 0.170. The SMILES string of the molecule is Cc1ccc(NC(=O)CCC(=O)OC(C)(C)C)c(C)n1. The lowest BCUT2D eigenvalue weighted by Gasteiger charge is -2.19. The summed E-state index contributed by atoms with van der Waals surface area (Å²) in [5.74, 6) is -0.587. The van der Waals surface area contributed by atoms with Gasteiger partial charge in [0.15, 0.2) is 0 Å². The molecule has 0 fully saturated rings. The number of anilines is 1. The van der Waals surface area contributed by atoms with E-state index in [2.05, 4.69) is 10.3 Å². The van der Waals surface area contributed by atoms with Gasteiger partial charge < -0.3 is 10.1 Å². The summed E-state index contributed by atoms with van der Waals surface area (Å²) in [7, 11) is 0. The Kier molecular flexibility index (Phi) is 5.25. The molecule has 0 aliphatic heterocycles. The van der Waals surface area contributed by atoms with Gasteiger partial charge in [0.05, 0.1) is 17.8 Å². The fraction of sp³-hybridized carbons (Fsp3) is 0.533. The smallest absolute Gasteiger partial charge is 0.306 e. The minimum absolute atomic E-state index is 0.0709. The fourth-order valence-electron chi connectivity index (χ4n) is 1.64. The van der Waals surface area contributed by atoms with Crippen LogP contribution in [0.4, 0.5) is 5.69 Å². The highest BCUT2D eigenvalue weighted by Crippen LogP contribution is 2.14. The Morgan fingerprint density at radius 1 is 1.20 bits per heavy atom. The Morgan fingerprint density at radius 2 is 1.85 bits per heavy atom. The topological polar surface area (TPSA) is 68.3 Å². The number of ether oxygens (including phenoxy) is 1. The van der Waals surface area contributed by atoms with Gasteiger partial charge in [0.25, 0.3) is 0 Å². The molecule has 1 rings (SSSR count). The number of aryl methyl sites for hydroxylation is 2. The van der Waals surface area contributed by atoms with E-state index >= 15 is 0 Å². The van der Waals surface area contributed by atoms with Gasteiger partial charge in [-0.15, -0.1) is 0 Å². The number of esters is 1. The van der Waals surface area contributed by atoms with Gasteiger partial charge in [0.2, 0.25) is 5.91 Å². The van der Waals surface area contributed by atoms with Crippen molar-refractivity contribution in [3.05, 3.63) is 23.5 Å². The number of amides is 1. The van der Waals surface area contributed by atoms with Crippen LogP contribution in [0.1, 0.15) is 45.0 Å². The number of pyridine rings is 1. The number of hydrogen-bond donors (Lipinski definition) is 1. The second-order valence-electron chi connectivity index (χ2n) is 5.72. The highest BCUT2D eigenvalue weighted by molar-refractivity contribution is 5.93. The van der Waals surface area contributed by atoms with Crippen molar-refractivity contribution in [3.8, 4) is 0 Å². The van der Waals surface area contributed by atoms with Crippen LogP contribution in [0.3, 0.4) is 0 Å². The predicted octanol–water partition coefficient (Wildman–Crippen LogP) is 2.76. The Bertz CT molecular complexity index is 504. The third-order valence-electron chi connectivity index (χ3n) is 2.48. The van der Waals surface area contributed by atoms with Gasteiger partial charge in [-0.05, 0) is 46.8 Å². The molecule has 0 aromatic carbocycles. The molecule has 1 aromatic heterocycles. The molecule has 0 unspecified atom stereocenters.